The SMILES string of the molecule is C=Cc1c(/C=C\C)n(-c2ccccc2)c2ccc(CN=Cc3cccc4oc5ccc(-c6cccc7oc8cccc(-c9ccccc9)c8c67)cc5c34)cc12. The fourth-order valence-corrected chi connectivity index (χ4v) is 8.22. The van der Waals surface area contributed by atoms with Crippen molar-refractivity contribution in [1.82, 2.24) is 4.57 Å². The molecule has 0 aliphatic carbocycles. The Bertz CT molecular complexity index is 3140. The topological polar surface area (TPSA) is 43.6 Å². The standard InChI is InChI=1S/C51H36N2O2/c1-3-14-43-38(4-2)41-29-33(25-27-44(41)53(43)37-18-9-6-10-19-37)31-52-32-36-17-11-22-46-49(36)42-30-35(26-28-45(42)54-46)40-21-13-24-48-51(40)50-39(20-12-23-47(50)55-48)34-15-7-5-8-16-34/h3-30,32H,2,31H2,1H3/b14-3-,52-32?. The fraction of sp³-hybridized carbons (Fsp3) is 0.0392. The second-order valence-electron chi connectivity index (χ2n) is 13.9. The van der Waals surface area contributed by atoms with Crippen LogP contribution in [0.15, 0.2) is 178 Å². The Morgan fingerprint density at radius 1 is 0.600 bits per heavy atom. The van der Waals surface area contributed by atoms with E-state index in [1.807, 2.05) is 37.4 Å². The van der Waals surface area contributed by atoms with Gasteiger partial charge >= 0.3 is 0 Å². The third-order valence-electron chi connectivity index (χ3n) is 10.6. The Hall–Kier alpha value is -7.17. The highest BCUT2D eigenvalue weighted by Crippen LogP contribution is 2.43. The summed E-state index contributed by atoms with van der Waals surface area (Å²) in [5.41, 5.74) is 14.6. The number of allylic oxidation sites excluding steroid dienone is 1. The van der Waals surface area contributed by atoms with Gasteiger partial charge in [-0.2, -0.15) is 0 Å². The first-order valence-electron chi connectivity index (χ1n) is 18.6. The van der Waals surface area contributed by atoms with Crippen LogP contribution in [0, 0.1) is 0 Å². The number of fused-ring (bicyclic) bond motifs is 7. The molecule has 0 spiro atoms. The summed E-state index contributed by atoms with van der Waals surface area (Å²) >= 11 is 0. The molecule has 4 heteroatoms. The molecule has 0 unspecified atom stereocenters. The van der Waals surface area contributed by atoms with Crippen molar-refractivity contribution >= 4 is 73.1 Å². The molecule has 4 nitrogen and oxygen atoms in total. The van der Waals surface area contributed by atoms with Crippen LogP contribution in [0.25, 0.3) is 94.9 Å². The number of furan rings is 2. The molecule has 0 N–H and O–H groups in total. The second-order valence-corrected chi connectivity index (χ2v) is 13.9. The normalized spacial score (nSPS) is 12.1. The van der Waals surface area contributed by atoms with Crippen LogP contribution in [-0.4, -0.2) is 10.8 Å². The Labute approximate surface area is 318 Å². The van der Waals surface area contributed by atoms with E-state index >= 15 is 0 Å². The maximum absolute atomic E-state index is 6.45. The van der Waals surface area contributed by atoms with Gasteiger partial charge in [-0.1, -0.05) is 116 Å². The molecule has 0 fully saturated rings. The molecule has 0 aliphatic heterocycles. The monoisotopic (exact) mass is 708 g/mol. The molecule has 262 valence electrons. The number of nitrogens with zero attached hydrogens (tertiary/aromatic N) is 2. The third-order valence-corrected chi connectivity index (χ3v) is 10.6. The van der Waals surface area contributed by atoms with E-state index in [0.29, 0.717) is 6.54 Å². The van der Waals surface area contributed by atoms with Crippen LogP contribution in [0.4, 0.5) is 0 Å². The molecule has 0 bridgehead atoms. The molecular formula is C51H36N2O2. The van der Waals surface area contributed by atoms with E-state index < -0.39 is 0 Å². The van der Waals surface area contributed by atoms with Gasteiger partial charge in [0.1, 0.15) is 22.3 Å². The van der Waals surface area contributed by atoms with Crippen molar-refractivity contribution in [1.29, 1.82) is 0 Å². The largest absolute Gasteiger partial charge is 0.456 e. The molecule has 0 aliphatic rings. The number of para-hydroxylation sites is 1. The fourth-order valence-electron chi connectivity index (χ4n) is 8.22. The van der Waals surface area contributed by atoms with Gasteiger partial charge in [-0.15, -0.1) is 0 Å². The van der Waals surface area contributed by atoms with E-state index in [2.05, 4.69) is 157 Å². The van der Waals surface area contributed by atoms with Crippen LogP contribution in [0.3, 0.4) is 0 Å². The number of aromatic nitrogens is 1. The van der Waals surface area contributed by atoms with Gasteiger partial charge in [-0.05, 0) is 95.4 Å². The van der Waals surface area contributed by atoms with Crippen LogP contribution < -0.4 is 0 Å². The molecule has 7 aromatic carbocycles. The number of hydrogen-bond acceptors (Lipinski definition) is 3. The van der Waals surface area contributed by atoms with Crippen LogP contribution >= 0.6 is 0 Å². The molecule has 55 heavy (non-hydrogen) atoms. The van der Waals surface area contributed by atoms with E-state index in [-0.39, 0.29) is 0 Å². The van der Waals surface area contributed by atoms with Gasteiger partial charge in [-0.3, -0.25) is 4.99 Å². The highest BCUT2D eigenvalue weighted by atomic mass is 16.3. The van der Waals surface area contributed by atoms with Crippen LogP contribution in [-0.2, 0) is 6.54 Å². The number of aliphatic imine (C=N–C) groups is 1. The van der Waals surface area contributed by atoms with Gasteiger partial charge in [0, 0.05) is 50.0 Å². The average Bonchev–Trinajstić information content (AvgIpc) is 3.90. The zero-order valence-electron chi connectivity index (χ0n) is 30.4. The maximum Gasteiger partial charge on any atom is 0.136 e. The first kappa shape index (κ1) is 32.5. The molecular weight excluding hydrogens is 673 g/mol. The van der Waals surface area contributed by atoms with Crippen LogP contribution in [0.1, 0.15) is 29.3 Å². The zero-order chi connectivity index (χ0) is 36.9. The summed E-state index contributed by atoms with van der Waals surface area (Å²) < 4.78 is 15.2. The summed E-state index contributed by atoms with van der Waals surface area (Å²) in [7, 11) is 0. The van der Waals surface area contributed by atoms with Crippen molar-refractivity contribution in [2.75, 3.05) is 0 Å². The minimum Gasteiger partial charge on any atom is -0.456 e. The predicted octanol–water partition coefficient (Wildman–Crippen LogP) is 14.1. The highest BCUT2D eigenvalue weighted by Gasteiger charge is 2.19. The minimum atomic E-state index is 0.540. The van der Waals surface area contributed by atoms with Crippen LogP contribution in [0.5, 0.6) is 0 Å². The number of hydrogen-bond donors (Lipinski definition) is 0. The van der Waals surface area contributed by atoms with E-state index in [1.165, 1.54) is 0 Å². The van der Waals surface area contributed by atoms with Gasteiger partial charge in [-0.25, -0.2) is 0 Å². The third kappa shape index (κ3) is 5.42. The number of benzene rings is 7. The van der Waals surface area contributed by atoms with Crippen molar-refractivity contribution in [2.45, 2.75) is 13.5 Å². The molecule has 0 saturated heterocycles. The van der Waals surface area contributed by atoms with Crippen molar-refractivity contribution in [3.05, 3.63) is 187 Å². The zero-order valence-corrected chi connectivity index (χ0v) is 30.4. The molecule has 0 amide bonds. The molecule has 3 heterocycles. The minimum absolute atomic E-state index is 0.540. The molecule has 10 aromatic rings. The maximum atomic E-state index is 6.45. The van der Waals surface area contributed by atoms with Crippen molar-refractivity contribution in [2.24, 2.45) is 4.99 Å². The predicted molar refractivity (Wildman–Crippen MR) is 231 cm³/mol. The van der Waals surface area contributed by atoms with E-state index in [1.54, 1.807) is 0 Å². The average molecular weight is 709 g/mol. The summed E-state index contributed by atoms with van der Waals surface area (Å²) in [6.07, 6.45) is 8.18. The van der Waals surface area contributed by atoms with Gasteiger partial charge in [0.25, 0.3) is 0 Å². The quantitative estimate of drug-likeness (QED) is 0.148. The lowest BCUT2D eigenvalue weighted by Crippen LogP contribution is -1.96. The summed E-state index contributed by atoms with van der Waals surface area (Å²) in [5, 5.41) is 5.50. The molecule has 0 atom stereocenters. The summed E-state index contributed by atoms with van der Waals surface area (Å²) in [4.78, 5) is 5.00. The van der Waals surface area contributed by atoms with Gasteiger partial charge in [0.15, 0.2) is 0 Å². The lowest BCUT2D eigenvalue weighted by Gasteiger charge is -2.09. The lowest BCUT2D eigenvalue weighted by molar-refractivity contribution is 0.669. The summed E-state index contributed by atoms with van der Waals surface area (Å²) in [6, 6.07) is 52.9. The van der Waals surface area contributed by atoms with E-state index in [4.69, 9.17) is 13.8 Å². The van der Waals surface area contributed by atoms with E-state index in [9.17, 15) is 0 Å². The first-order chi connectivity index (χ1) is 27.2. The Morgan fingerprint density at radius 2 is 1.27 bits per heavy atom. The second kappa shape index (κ2) is 13.4. The molecule has 0 saturated carbocycles. The van der Waals surface area contributed by atoms with Crippen LogP contribution in [0.2, 0.25) is 0 Å². The van der Waals surface area contributed by atoms with Crippen molar-refractivity contribution in [3.8, 4) is 27.9 Å². The van der Waals surface area contributed by atoms with Gasteiger partial charge in [0.05, 0.1) is 17.8 Å². The number of rotatable bonds is 8. The first-order valence-corrected chi connectivity index (χ1v) is 18.6. The van der Waals surface area contributed by atoms with Gasteiger partial charge in [0.2, 0.25) is 0 Å². The Kier molecular flexibility index (Phi) is 7.88. The lowest BCUT2D eigenvalue weighted by atomic mass is 9.94. The summed E-state index contributed by atoms with van der Waals surface area (Å²) in [5.74, 6) is 0. The highest BCUT2D eigenvalue weighted by molar-refractivity contribution is 6.19. The smallest absolute Gasteiger partial charge is 0.136 e. The van der Waals surface area contributed by atoms with E-state index in [0.717, 1.165) is 105 Å². The van der Waals surface area contributed by atoms with Crippen molar-refractivity contribution in [3.63, 3.8) is 0 Å². The molecule has 10 rings (SSSR count). The Balaban J connectivity index is 1.05. The summed E-state index contributed by atoms with van der Waals surface area (Å²) in [6.45, 7) is 6.78. The molecule has 3 aromatic heterocycles. The molecule has 0 radical (unpaired) electrons. The van der Waals surface area contributed by atoms with Gasteiger partial charge < -0.3 is 13.4 Å². The van der Waals surface area contributed by atoms with Crippen molar-refractivity contribution < 1.29 is 8.83 Å². The Morgan fingerprint density at radius 3 is 2.00 bits per heavy atom.